The second-order valence-electron chi connectivity index (χ2n) is 9.03. The summed E-state index contributed by atoms with van der Waals surface area (Å²) in [7, 11) is 0. The molecule has 40 heavy (non-hydrogen) atoms. The molecule has 4 rings (SSSR count). The molecule has 2 amide bonds. The van der Waals surface area contributed by atoms with Crippen LogP contribution in [0.25, 0.3) is 11.4 Å². The molecule has 2 aliphatic rings. The van der Waals surface area contributed by atoms with Crippen LogP contribution in [0.2, 0.25) is 0 Å². The van der Waals surface area contributed by atoms with Gasteiger partial charge in [0.05, 0.1) is 35.2 Å². The van der Waals surface area contributed by atoms with Gasteiger partial charge in [0.15, 0.2) is 0 Å². The number of rotatable bonds is 8. The molecule has 212 valence electrons. The van der Waals surface area contributed by atoms with Crippen LogP contribution in [0.5, 0.6) is 5.75 Å². The van der Waals surface area contributed by atoms with Gasteiger partial charge in [0.2, 0.25) is 0 Å². The molecule has 2 heterocycles. The molecule has 0 spiro atoms. The largest absolute Gasteiger partial charge is 0.486 e. The highest BCUT2D eigenvalue weighted by molar-refractivity contribution is 6.32. The Kier molecular flexibility index (Phi) is 9.00. The van der Waals surface area contributed by atoms with Crippen molar-refractivity contribution in [2.24, 2.45) is 5.92 Å². The Morgan fingerprint density at radius 2 is 2.08 bits per heavy atom. The molecular weight excluding hydrogens is 553 g/mol. The number of ether oxygens (including phenoxy) is 2. The Hall–Kier alpha value is -4.03. The normalized spacial score (nSPS) is 20.6. The van der Waals surface area contributed by atoms with E-state index in [2.05, 4.69) is 20.6 Å². The fourth-order valence-corrected chi connectivity index (χ4v) is 4.32. The number of aromatic amines is 1. The highest BCUT2D eigenvalue weighted by Gasteiger charge is 2.37. The summed E-state index contributed by atoms with van der Waals surface area (Å²) in [4.78, 5) is 31.7. The van der Waals surface area contributed by atoms with Crippen LogP contribution < -0.4 is 15.4 Å². The second-order valence-corrected chi connectivity index (χ2v) is 9.44. The Balaban J connectivity index is 1.33. The lowest BCUT2D eigenvalue weighted by Crippen LogP contribution is -2.42. The highest BCUT2D eigenvalue weighted by Crippen LogP contribution is 2.36. The van der Waals surface area contributed by atoms with Gasteiger partial charge in [-0.2, -0.15) is 13.2 Å². The predicted molar refractivity (Wildman–Crippen MR) is 140 cm³/mol. The summed E-state index contributed by atoms with van der Waals surface area (Å²) in [6.45, 7) is 1.52. The molecule has 0 bridgehead atoms. The van der Waals surface area contributed by atoms with Gasteiger partial charge in [-0.15, -0.1) is 0 Å². The van der Waals surface area contributed by atoms with E-state index in [0.29, 0.717) is 22.8 Å². The summed E-state index contributed by atoms with van der Waals surface area (Å²) in [6.07, 6.45) is 5.51. The number of nitrogens with zero attached hydrogens (tertiary/aromatic N) is 1. The Bertz CT molecular complexity index is 1380. The van der Waals surface area contributed by atoms with Gasteiger partial charge in [0, 0.05) is 35.1 Å². The summed E-state index contributed by atoms with van der Waals surface area (Å²) in [5, 5.41) is 13.6. The number of aliphatic hydroxyl groups is 1. The van der Waals surface area contributed by atoms with Crippen molar-refractivity contribution in [1.29, 1.82) is 0 Å². The maximum Gasteiger partial charge on any atom is 0.417 e. The van der Waals surface area contributed by atoms with Crippen molar-refractivity contribution in [2.75, 3.05) is 13.2 Å². The van der Waals surface area contributed by atoms with Crippen molar-refractivity contribution in [3.05, 3.63) is 82.8 Å². The molecule has 9 nitrogen and oxygen atoms in total. The number of allylic oxidation sites excluding steroid dienone is 3. The van der Waals surface area contributed by atoms with Crippen LogP contribution in [-0.2, 0) is 4.74 Å². The number of carbonyl (C=O) groups excluding carboxylic acids is 2. The molecular formula is C27H26ClF3N4O5. The van der Waals surface area contributed by atoms with Gasteiger partial charge in [0.1, 0.15) is 18.5 Å². The molecule has 3 atom stereocenters. The zero-order valence-electron chi connectivity index (χ0n) is 21.2. The van der Waals surface area contributed by atoms with Gasteiger partial charge in [-0.3, -0.25) is 4.98 Å². The number of aliphatic hydroxyl groups excluding tert-OH is 1. The van der Waals surface area contributed by atoms with Crippen LogP contribution in [-0.4, -0.2) is 58.6 Å². The lowest BCUT2D eigenvalue weighted by molar-refractivity contribution is -0.0892. The van der Waals surface area contributed by atoms with E-state index < -0.39 is 29.8 Å². The number of nitrogens with one attached hydrogen (secondary N) is 3. The molecule has 0 aromatic carbocycles. The fourth-order valence-electron chi connectivity index (χ4n) is 4.06. The molecule has 0 saturated carbocycles. The first-order chi connectivity index (χ1) is 19.0. The van der Waals surface area contributed by atoms with E-state index in [9.17, 15) is 22.8 Å². The van der Waals surface area contributed by atoms with E-state index in [0.717, 1.165) is 6.08 Å². The first kappa shape index (κ1) is 29.0. The van der Waals surface area contributed by atoms with E-state index in [4.69, 9.17) is 26.2 Å². The summed E-state index contributed by atoms with van der Waals surface area (Å²) in [5.74, 6) is -0.217. The standard InChI is InChI=1S/C27H26ClF3N4O5/c1-15-10-17(34-26(38)35-18-2-4-21(28)20(12-18)27(29,30)31)3-5-24(15)40-19-6-7-32-23(13-19)22-11-16(14-33-22)25(37)39-9-8-36/h3-7,10-15,18,24,33,36H,2,8-9H2,1H3,(H2,34,35,38). The van der Waals surface area contributed by atoms with Crippen LogP contribution >= 0.6 is 11.6 Å². The Morgan fingerprint density at radius 3 is 2.80 bits per heavy atom. The molecule has 2 aliphatic carbocycles. The fraction of sp³-hybridized carbons (Fsp3) is 0.296. The van der Waals surface area contributed by atoms with Gasteiger partial charge >= 0.3 is 18.2 Å². The first-order valence-corrected chi connectivity index (χ1v) is 12.6. The molecule has 13 heteroatoms. The molecule has 4 N–H and O–H groups in total. The van der Waals surface area contributed by atoms with Gasteiger partial charge in [0.25, 0.3) is 0 Å². The van der Waals surface area contributed by atoms with Crippen molar-refractivity contribution in [1.82, 2.24) is 20.6 Å². The van der Waals surface area contributed by atoms with E-state index in [-0.39, 0.29) is 42.3 Å². The van der Waals surface area contributed by atoms with E-state index in [1.54, 1.807) is 42.6 Å². The third-order valence-corrected chi connectivity index (χ3v) is 6.36. The minimum absolute atomic E-state index is 0.0993. The number of H-pyrrole nitrogens is 1. The summed E-state index contributed by atoms with van der Waals surface area (Å²) in [5.41, 5.74) is 0.876. The number of aromatic nitrogens is 2. The number of hydrogen-bond acceptors (Lipinski definition) is 6. The highest BCUT2D eigenvalue weighted by atomic mass is 35.5. The number of urea groups is 1. The number of halogens is 4. The smallest absolute Gasteiger partial charge is 0.417 e. The van der Waals surface area contributed by atoms with Crippen molar-refractivity contribution >= 4 is 23.6 Å². The summed E-state index contributed by atoms with van der Waals surface area (Å²) < 4.78 is 50.3. The maximum atomic E-state index is 13.1. The van der Waals surface area contributed by atoms with E-state index >= 15 is 0 Å². The summed E-state index contributed by atoms with van der Waals surface area (Å²) >= 11 is 5.67. The molecule has 0 radical (unpaired) electrons. The molecule has 3 unspecified atom stereocenters. The molecule has 2 aromatic rings. The Morgan fingerprint density at radius 1 is 1.27 bits per heavy atom. The number of amides is 2. The van der Waals surface area contributed by atoms with Crippen molar-refractivity contribution < 1.29 is 37.3 Å². The van der Waals surface area contributed by atoms with Crippen LogP contribution in [0.1, 0.15) is 23.7 Å². The van der Waals surface area contributed by atoms with Gasteiger partial charge < -0.3 is 30.2 Å². The average Bonchev–Trinajstić information content (AvgIpc) is 3.40. The minimum Gasteiger partial charge on any atom is -0.486 e. The van der Waals surface area contributed by atoms with E-state index in [1.165, 1.54) is 12.3 Å². The van der Waals surface area contributed by atoms with Gasteiger partial charge in [-0.25, -0.2) is 9.59 Å². The summed E-state index contributed by atoms with van der Waals surface area (Å²) in [6, 6.07) is 3.46. The van der Waals surface area contributed by atoms with Crippen molar-refractivity contribution in [3.63, 3.8) is 0 Å². The number of hydrogen-bond donors (Lipinski definition) is 4. The quantitative estimate of drug-likeness (QED) is 0.335. The zero-order valence-corrected chi connectivity index (χ0v) is 21.9. The third kappa shape index (κ3) is 7.33. The monoisotopic (exact) mass is 578 g/mol. The second kappa shape index (κ2) is 12.4. The maximum absolute atomic E-state index is 13.1. The van der Waals surface area contributed by atoms with Crippen molar-refractivity contribution in [2.45, 2.75) is 31.7 Å². The number of esters is 1. The minimum atomic E-state index is -4.61. The average molecular weight is 579 g/mol. The molecule has 0 aliphatic heterocycles. The topological polar surface area (TPSA) is 126 Å². The third-order valence-electron chi connectivity index (χ3n) is 6.00. The molecule has 2 aromatic heterocycles. The lowest BCUT2D eigenvalue weighted by atomic mass is 9.98. The SMILES string of the molecule is CC1C=C(NC(=O)NC2C=C(C(F)(F)F)C(Cl)=CC2)C=CC1Oc1ccnc(-c2cc(C(=O)OCCO)c[nH]2)c1. The first-order valence-electron chi connectivity index (χ1n) is 12.3. The van der Waals surface area contributed by atoms with Crippen LogP contribution in [0.15, 0.2) is 77.3 Å². The predicted octanol–water partition coefficient (Wildman–Crippen LogP) is 4.75. The number of pyridine rings is 1. The number of alkyl halides is 3. The van der Waals surface area contributed by atoms with Crippen LogP contribution in [0.4, 0.5) is 18.0 Å². The van der Waals surface area contributed by atoms with Gasteiger partial charge in [-0.05, 0) is 36.8 Å². The van der Waals surface area contributed by atoms with Gasteiger partial charge in [-0.1, -0.05) is 30.7 Å². The van der Waals surface area contributed by atoms with Crippen LogP contribution in [0, 0.1) is 5.92 Å². The van der Waals surface area contributed by atoms with Crippen LogP contribution in [0.3, 0.4) is 0 Å². The molecule has 0 fully saturated rings. The lowest BCUT2D eigenvalue weighted by Gasteiger charge is -2.25. The number of carbonyl (C=O) groups is 2. The zero-order chi connectivity index (χ0) is 28.9. The van der Waals surface area contributed by atoms with Crippen molar-refractivity contribution in [3.8, 4) is 17.1 Å². The van der Waals surface area contributed by atoms with E-state index in [1.807, 2.05) is 6.92 Å². The molecule has 0 saturated heterocycles. The Labute approximate surface area is 232 Å².